The summed E-state index contributed by atoms with van der Waals surface area (Å²) in [5.74, 6) is -0.722. The number of benzene rings is 3. The first-order valence-corrected chi connectivity index (χ1v) is 9.87. The van der Waals surface area contributed by atoms with Gasteiger partial charge in [-0.05, 0) is 36.1 Å². The Hall–Kier alpha value is -2.91. The number of carboxylic acid groups (broad SMARTS) is 1. The average molecular weight is 373 g/mol. The Bertz CT molecular complexity index is 751. The van der Waals surface area contributed by atoms with Crippen molar-refractivity contribution in [2.75, 3.05) is 6.54 Å². The minimum Gasteiger partial charge on any atom is -0.481 e. The topological polar surface area (TPSA) is 49.3 Å². The second-order valence-corrected chi connectivity index (χ2v) is 6.98. The molecule has 0 fully saturated rings. The average Bonchev–Trinajstić information content (AvgIpc) is 2.75. The number of carbonyl (C=O) groups is 1. The molecule has 0 saturated heterocycles. The summed E-state index contributed by atoms with van der Waals surface area (Å²) in [6, 6.07) is 31.5. The van der Waals surface area contributed by atoms with Crippen molar-refractivity contribution >= 4 is 5.97 Å². The SMILES string of the molecule is O=C(O)CCCCCNC(c1ccccc1)(c1ccccc1)c1ccccc1. The van der Waals surface area contributed by atoms with Gasteiger partial charge < -0.3 is 5.11 Å². The summed E-state index contributed by atoms with van der Waals surface area (Å²) in [6.07, 6.45) is 2.78. The Kier molecular flexibility index (Phi) is 6.99. The van der Waals surface area contributed by atoms with Crippen molar-refractivity contribution in [1.82, 2.24) is 5.32 Å². The molecule has 3 nitrogen and oxygen atoms in total. The molecule has 0 saturated carbocycles. The van der Waals surface area contributed by atoms with Gasteiger partial charge in [-0.1, -0.05) is 97.4 Å². The van der Waals surface area contributed by atoms with E-state index >= 15 is 0 Å². The second-order valence-electron chi connectivity index (χ2n) is 6.98. The second kappa shape index (κ2) is 9.86. The zero-order valence-electron chi connectivity index (χ0n) is 16.1. The van der Waals surface area contributed by atoms with Gasteiger partial charge in [-0.25, -0.2) is 0 Å². The van der Waals surface area contributed by atoms with E-state index in [9.17, 15) is 4.79 Å². The van der Waals surface area contributed by atoms with Gasteiger partial charge in [0, 0.05) is 6.42 Å². The van der Waals surface area contributed by atoms with E-state index in [4.69, 9.17) is 5.11 Å². The predicted molar refractivity (Wildman–Crippen MR) is 113 cm³/mol. The Morgan fingerprint density at radius 3 is 1.50 bits per heavy atom. The van der Waals surface area contributed by atoms with Crippen LogP contribution in [0.15, 0.2) is 91.0 Å². The summed E-state index contributed by atoms with van der Waals surface area (Å²) in [7, 11) is 0. The van der Waals surface area contributed by atoms with E-state index in [1.807, 2.05) is 18.2 Å². The molecule has 2 N–H and O–H groups in total. The van der Waals surface area contributed by atoms with Crippen LogP contribution in [0.25, 0.3) is 0 Å². The summed E-state index contributed by atoms with van der Waals surface area (Å²) in [4.78, 5) is 10.7. The summed E-state index contributed by atoms with van der Waals surface area (Å²) < 4.78 is 0. The summed E-state index contributed by atoms with van der Waals surface area (Å²) in [6.45, 7) is 0.804. The van der Waals surface area contributed by atoms with Crippen molar-refractivity contribution in [2.24, 2.45) is 0 Å². The van der Waals surface area contributed by atoms with Gasteiger partial charge in [-0.3, -0.25) is 10.1 Å². The van der Waals surface area contributed by atoms with Crippen LogP contribution in [0.2, 0.25) is 0 Å². The van der Waals surface area contributed by atoms with Crippen LogP contribution in [0, 0.1) is 0 Å². The molecule has 0 aliphatic rings. The molecule has 3 aromatic carbocycles. The molecule has 0 aliphatic heterocycles. The van der Waals surface area contributed by atoms with Crippen LogP contribution in [0.4, 0.5) is 0 Å². The largest absolute Gasteiger partial charge is 0.481 e. The molecule has 0 bridgehead atoms. The molecule has 0 amide bonds. The normalized spacial score (nSPS) is 11.3. The maximum atomic E-state index is 10.7. The van der Waals surface area contributed by atoms with E-state index < -0.39 is 11.5 Å². The highest BCUT2D eigenvalue weighted by Crippen LogP contribution is 2.36. The van der Waals surface area contributed by atoms with Gasteiger partial charge in [0.05, 0.1) is 5.54 Å². The highest BCUT2D eigenvalue weighted by molar-refractivity contribution is 5.66. The third kappa shape index (κ3) is 4.68. The van der Waals surface area contributed by atoms with Crippen LogP contribution < -0.4 is 5.32 Å². The van der Waals surface area contributed by atoms with Crippen LogP contribution in [0.3, 0.4) is 0 Å². The molecular formula is C25H27NO2. The van der Waals surface area contributed by atoms with Crippen LogP contribution >= 0.6 is 0 Å². The van der Waals surface area contributed by atoms with Crippen LogP contribution in [0.5, 0.6) is 0 Å². The van der Waals surface area contributed by atoms with E-state index in [0.717, 1.165) is 19.4 Å². The summed E-state index contributed by atoms with van der Waals surface area (Å²) in [5, 5.41) is 12.7. The number of hydrogen-bond acceptors (Lipinski definition) is 2. The lowest BCUT2D eigenvalue weighted by atomic mass is 9.77. The zero-order chi connectivity index (χ0) is 19.7. The Balaban J connectivity index is 1.94. The number of nitrogens with one attached hydrogen (secondary N) is 1. The van der Waals surface area contributed by atoms with Crippen molar-refractivity contribution in [2.45, 2.75) is 31.2 Å². The van der Waals surface area contributed by atoms with E-state index in [1.165, 1.54) is 16.7 Å². The van der Waals surface area contributed by atoms with Gasteiger partial charge in [0.2, 0.25) is 0 Å². The van der Waals surface area contributed by atoms with E-state index in [0.29, 0.717) is 6.42 Å². The van der Waals surface area contributed by atoms with Gasteiger partial charge in [-0.15, -0.1) is 0 Å². The third-order valence-corrected chi connectivity index (χ3v) is 5.08. The van der Waals surface area contributed by atoms with Gasteiger partial charge in [-0.2, -0.15) is 0 Å². The Morgan fingerprint density at radius 1 is 0.679 bits per heavy atom. The molecule has 0 aliphatic carbocycles. The van der Waals surface area contributed by atoms with Gasteiger partial charge >= 0.3 is 5.97 Å². The monoisotopic (exact) mass is 373 g/mol. The fourth-order valence-corrected chi connectivity index (χ4v) is 3.72. The van der Waals surface area contributed by atoms with Crippen LogP contribution in [0.1, 0.15) is 42.4 Å². The van der Waals surface area contributed by atoms with E-state index in [-0.39, 0.29) is 6.42 Å². The van der Waals surface area contributed by atoms with Crippen molar-refractivity contribution in [1.29, 1.82) is 0 Å². The highest BCUT2D eigenvalue weighted by Gasteiger charge is 2.35. The first-order valence-electron chi connectivity index (χ1n) is 9.87. The maximum Gasteiger partial charge on any atom is 0.303 e. The van der Waals surface area contributed by atoms with E-state index in [2.05, 4.69) is 78.1 Å². The fraction of sp³-hybridized carbons (Fsp3) is 0.240. The smallest absolute Gasteiger partial charge is 0.303 e. The van der Waals surface area contributed by atoms with Crippen molar-refractivity contribution < 1.29 is 9.90 Å². The lowest BCUT2D eigenvalue weighted by molar-refractivity contribution is -0.137. The Morgan fingerprint density at radius 2 is 1.11 bits per heavy atom. The number of carboxylic acids is 1. The summed E-state index contributed by atoms with van der Waals surface area (Å²) in [5.41, 5.74) is 3.13. The lowest BCUT2D eigenvalue weighted by Crippen LogP contribution is -2.45. The molecule has 0 radical (unpaired) electrons. The zero-order valence-corrected chi connectivity index (χ0v) is 16.1. The summed E-state index contributed by atoms with van der Waals surface area (Å²) >= 11 is 0. The predicted octanol–water partition coefficient (Wildman–Crippen LogP) is 5.21. The first kappa shape index (κ1) is 19.8. The quantitative estimate of drug-likeness (QED) is 0.379. The standard InChI is InChI=1S/C25H27NO2/c27-24(28)19-11-4-12-20-26-25(21-13-5-1-6-14-21,22-15-7-2-8-16-22)23-17-9-3-10-18-23/h1-3,5-10,13-18,26H,4,11-12,19-20H2,(H,27,28). The molecule has 3 heteroatoms. The number of hydrogen-bond donors (Lipinski definition) is 2. The molecule has 3 aromatic rings. The molecule has 0 aromatic heterocycles. The molecule has 0 heterocycles. The molecule has 0 unspecified atom stereocenters. The molecule has 28 heavy (non-hydrogen) atoms. The minimum absolute atomic E-state index is 0.237. The number of unbranched alkanes of at least 4 members (excludes halogenated alkanes) is 2. The van der Waals surface area contributed by atoms with Crippen molar-refractivity contribution in [3.8, 4) is 0 Å². The number of aliphatic carboxylic acids is 1. The molecule has 0 atom stereocenters. The third-order valence-electron chi connectivity index (χ3n) is 5.08. The first-order chi connectivity index (χ1) is 13.7. The van der Waals surface area contributed by atoms with Gasteiger partial charge in [0.25, 0.3) is 0 Å². The van der Waals surface area contributed by atoms with Gasteiger partial charge in [0.1, 0.15) is 0 Å². The van der Waals surface area contributed by atoms with Crippen molar-refractivity contribution in [3.05, 3.63) is 108 Å². The molecule has 0 spiro atoms. The van der Waals surface area contributed by atoms with Gasteiger partial charge in [0.15, 0.2) is 0 Å². The lowest BCUT2D eigenvalue weighted by Gasteiger charge is -2.37. The molecule has 3 rings (SSSR count). The number of rotatable bonds is 10. The van der Waals surface area contributed by atoms with E-state index in [1.54, 1.807) is 0 Å². The highest BCUT2D eigenvalue weighted by atomic mass is 16.4. The molecule has 144 valence electrons. The minimum atomic E-state index is -0.722. The Labute approximate surface area is 167 Å². The fourth-order valence-electron chi connectivity index (χ4n) is 3.72. The maximum absolute atomic E-state index is 10.7. The molecular weight excluding hydrogens is 346 g/mol. The van der Waals surface area contributed by atoms with Crippen LogP contribution in [-0.2, 0) is 10.3 Å². The van der Waals surface area contributed by atoms with Crippen molar-refractivity contribution in [3.63, 3.8) is 0 Å². The van der Waals surface area contributed by atoms with Crippen LogP contribution in [-0.4, -0.2) is 17.6 Å².